The summed E-state index contributed by atoms with van der Waals surface area (Å²) < 4.78 is 0. The molecule has 0 aliphatic rings. The van der Waals surface area contributed by atoms with Crippen LogP contribution >= 0.6 is 0 Å². The van der Waals surface area contributed by atoms with Gasteiger partial charge in [-0.05, 0) is 29.8 Å². The lowest BCUT2D eigenvalue weighted by molar-refractivity contribution is 0.0993. The van der Waals surface area contributed by atoms with Gasteiger partial charge in [0.05, 0.1) is 0 Å². The molecule has 0 aromatic carbocycles. The quantitative estimate of drug-likeness (QED) is 0.817. The summed E-state index contributed by atoms with van der Waals surface area (Å²) in [6.45, 7) is 0. The Balaban J connectivity index is 2.11. The first-order valence-corrected chi connectivity index (χ1v) is 5.53. The van der Waals surface area contributed by atoms with Gasteiger partial charge in [0, 0.05) is 30.6 Å². The molecular weight excluding hydrogens is 246 g/mol. The number of carbonyl (C=O) groups excluding carboxylic acids is 1. The second kappa shape index (κ2) is 5.72. The molecule has 0 radical (unpaired) electrons. The zero-order valence-corrected chi connectivity index (χ0v) is 9.91. The number of anilines is 1. The molecule has 19 heavy (non-hydrogen) atoms. The fourth-order valence-corrected chi connectivity index (χ4v) is 1.59. The zero-order chi connectivity index (χ0) is 13.7. The van der Waals surface area contributed by atoms with E-state index in [2.05, 4.69) is 15.3 Å². The molecule has 0 fully saturated rings. The van der Waals surface area contributed by atoms with Gasteiger partial charge in [0.25, 0.3) is 0 Å². The highest BCUT2D eigenvalue weighted by Gasteiger charge is 2.08. The van der Waals surface area contributed by atoms with Crippen LogP contribution in [0.4, 0.5) is 10.6 Å². The molecule has 2 rings (SSSR count). The number of hydrogen-bond acceptors (Lipinski definition) is 4. The van der Waals surface area contributed by atoms with Gasteiger partial charge in [0.1, 0.15) is 5.82 Å². The van der Waals surface area contributed by atoms with Crippen LogP contribution in [0.1, 0.15) is 15.9 Å². The Labute approximate surface area is 109 Å². The van der Waals surface area contributed by atoms with Gasteiger partial charge in [0.15, 0.2) is 5.78 Å². The zero-order valence-electron chi connectivity index (χ0n) is 9.91. The summed E-state index contributed by atoms with van der Waals surface area (Å²) in [6, 6.07) is 6.49. The van der Waals surface area contributed by atoms with Crippen LogP contribution < -0.4 is 5.32 Å². The fraction of sp³-hybridized carbons (Fsp3) is 0.0769. The monoisotopic (exact) mass is 257 g/mol. The first kappa shape index (κ1) is 12.7. The minimum absolute atomic E-state index is 0.0603. The average molecular weight is 257 g/mol. The van der Waals surface area contributed by atoms with Crippen LogP contribution in [0.3, 0.4) is 0 Å². The molecule has 0 saturated heterocycles. The SMILES string of the molecule is O=C(O)Nc1cc(CC(=O)c2ccncc2)ccn1. The van der Waals surface area contributed by atoms with Crippen LogP contribution in [0.2, 0.25) is 0 Å². The third-order valence-corrected chi connectivity index (χ3v) is 2.43. The maximum absolute atomic E-state index is 12.0. The highest BCUT2D eigenvalue weighted by Crippen LogP contribution is 2.10. The van der Waals surface area contributed by atoms with Gasteiger partial charge in [-0.15, -0.1) is 0 Å². The Morgan fingerprint density at radius 1 is 1.16 bits per heavy atom. The molecule has 2 heterocycles. The van der Waals surface area contributed by atoms with Crippen LogP contribution in [-0.2, 0) is 6.42 Å². The minimum atomic E-state index is -1.19. The van der Waals surface area contributed by atoms with E-state index in [4.69, 9.17) is 5.11 Å². The maximum Gasteiger partial charge on any atom is 0.410 e. The van der Waals surface area contributed by atoms with Gasteiger partial charge in [0.2, 0.25) is 0 Å². The topological polar surface area (TPSA) is 92.2 Å². The van der Waals surface area contributed by atoms with Crippen molar-refractivity contribution in [3.05, 3.63) is 54.0 Å². The first-order valence-electron chi connectivity index (χ1n) is 5.53. The van der Waals surface area contributed by atoms with E-state index in [-0.39, 0.29) is 18.0 Å². The van der Waals surface area contributed by atoms with Crippen molar-refractivity contribution in [3.8, 4) is 0 Å². The summed E-state index contributed by atoms with van der Waals surface area (Å²) >= 11 is 0. The maximum atomic E-state index is 12.0. The van der Waals surface area contributed by atoms with E-state index in [9.17, 15) is 9.59 Å². The summed E-state index contributed by atoms with van der Waals surface area (Å²) in [5.74, 6) is 0.141. The minimum Gasteiger partial charge on any atom is -0.465 e. The number of carboxylic acid groups (broad SMARTS) is 1. The van der Waals surface area contributed by atoms with E-state index >= 15 is 0 Å². The van der Waals surface area contributed by atoms with Crippen LogP contribution in [0, 0.1) is 0 Å². The lowest BCUT2D eigenvalue weighted by Crippen LogP contribution is -2.10. The van der Waals surface area contributed by atoms with E-state index in [1.807, 2.05) is 0 Å². The van der Waals surface area contributed by atoms with E-state index in [1.165, 1.54) is 12.3 Å². The summed E-state index contributed by atoms with van der Waals surface area (Å²) in [6.07, 6.45) is 3.56. The third kappa shape index (κ3) is 3.60. The van der Waals surface area contributed by atoms with Crippen molar-refractivity contribution in [3.63, 3.8) is 0 Å². The first-order chi connectivity index (χ1) is 9.15. The number of rotatable bonds is 4. The molecule has 0 spiro atoms. The molecule has 0 bridgehead atoms. The normalized spacial score (nSPS) is 9.89. The Kier molecular flexibility index (Phi) is 3.82. The Morgan fingerprint density at radius 3 is 2.58 bits per heavy atom. The highest BCUT2D eigenvalue weighted by molar-refractivity contribution is 5.97. The number of carbonyl (C=O) groups is 2. The number of nitrogens with one attached hydrogen (secondary N) is 1. The van der Waals surface area contributed by atoms with Crippen molar-refractivity contribution >= 4 is 17.7 Å². The molecule has 1 amide bonds. The van der Waals surface area contributed by atoms with Gasteiger partial charge in [-0.1, -0.05) is 0 Å². The van der Waals surface area contributed by atoms with E-state index in [0.717, 1.165) is 0 Å². The number of ketones is 1. The molecule has 0 aliphatic carbocycles. The lowest BCUT2D eigenvalue weighted by atomic mass is 10.1. The second-order valence-corrected chi connectivity index (χ2v) is 3.82. The number of nitrogens with zero attached hydrogens (tertiary/aromatic N) is 2. The third-order valence-electron chi connectivity index (χ3n) is 2.43. The fourth-order valence-electron chi connectivity index (χ4n) is 1.59. The van der Waals surface area contributed by atoms with Gasteiger partial charge < -0.3 is 5.11 Å². The molecule has 0 unspecified atom stereocenters. The summed E-state index contributed by atoms with van der Waals surface area (Å²) in [5.41, 5.74) is 1.26. The van der Waals surface area contributed by atoms with E-state index in [1.54, 1.807) is 30.6 Å². The number of pyridine rings is 2. The van der Waals surface area contributed by atoms with E-state index < -0.39 is 6.09 Å². The van der Waals surface area contributed by atoms with Gasteiger partial charge in [-0.25, -0.2) is 9.78 Å². The molecule has 2 N–H and O–H groups in total. The molecular formula is C13H11N3O3. The van der Waals surface area contributed by atoms with Crippen molar-refractivity contribution < 1.29 is 14.7 Å². The predicted molar refractivity (Wildman–Crippen MR) is 68.2 cm³/mol. The number of Topliss-reactive ketones (excluding diaryl/α,β-unsaturated/α-hetero) is 1. The van der Waals surface area contributed by atoms with Crippen molar-refractivity contribution in [1.82, 2.24) is 9.97 Å². The van der Waals surface area contributed by atoms with Gasteiger partial charge in [-0.3, -0.25) is 15.1 Å². The van der Waals surface area contributed by atoms with Crippen molar-refractivity contribution in [2.45, 2.75) is 6.42 Å². The molecule has 0 saturated carbocycles. The number of amides is 1. The Hall–Kier alpha value is -2.76. The van der Waals surface area contributed by atoms with Crippen LogP contribution in [-0.4, -0.2) is 27.0 Å². The van der Waals surface area contributed by atoms with Crippen LogP contribution in [0.15, 0.2) is 42.9 Å². The average Bonchev–Trinajstić information content (AvgIpc) is 2.39. The van der Waals surface area contributed by atoms with Gasteiger partial charge in [-0.2, -0.15) is 0 Å². The summed E-state index contributed by atoms with van der Waals surface area (Å²) in [7, 11) is 0. The lowest BCUT2D eigenvalue weighted by Gasteiger charge is -2.04. The summed E-state index contributed by atoms with van der Waals surface area (Å²) in [5, 5.41) is 10.7. The Morgan fingerprint density at radius 2 is 1.89 bits per heavy atom. The highest BCUT2D eigenvalue weighted by atomic mass is 16.4. The number of hydrogen-bond donors (Lipinski definition) is 2. The standard InChI is InChI=1S/C13H11N3O3/c17-11(10-2-4-14-5-3-10)7-9-1-6-15-12(8-9)16-13(18)19/h1-6,8H,7H2,(H,15,16)(H,18,19). The van der Waals surface area contributed by atoms with Gasteiger partial charge >= 0.3 is 6.09 Å². The van der Waals surface area contributed by atoms with Crippen molar-refractivity contribution in [2.75, 3.05) is 5.32 Å². The van der Waals surface area contributed by atoms with Crippen molar-refractivity contribution in [2.24, 2.45) is 0 Å². The summed E-state index contributed by atoms with van der Waals surface area (Å²) in [4.78, 5) is 30.2. The van der Waals surface area contributed by atoms with Crippen LogP contribution in [0.5, 0.6) is 0 Å². The Bertz CT molecular complexity index is 599. The molecule has 6 heteroatoms. The van der Waals surface area contributed by atoms with E-state index in [0.29, 0.717) is 11.1 Å². The molecule has 6 nitrogen and oxygen atoms in total. The van der Waals surface area contributed by atoms with Crippen LogP contribution in [0.25, 0.3) is 0 Å². The molecule has 96 valence electrons. The van der Waals surface area contributed by atoms with Crippen molar-refractivity contribution in [1.29, 1.82) is 0 Å². The second-order valence-electron chi connectivity index (χ2n) is 3.82. The molecule has 2 aromatic heterocycles. The molecule has 0 atom stereocenters. The number of aromatic nitrogens is 2. The molecule has 2 aromatic rings. The predicted octanol–water partition coefficient (Wildman–Crippen LogP) is 1.99. The smallest absolute Gasteiger partial charge is 0.410 e. The molecule has 0 aliphatic heterocycles. The largest absolute Gasteiger partial charge is 0.465 e.